The topological polar surface area (TPSA) is 85.4 Å². The van der Waals surface area contributed by atoms with E-state index in [-0.39, 0.29) is 18.3 Å². The molecule has 0 unspecified atom stereocenters. The van der Waals surface area contributed by atoms with Gasteiger partial charge in [-0.15, -0.1) is 11.3 Å². The van der Waals surface area contributed by atoms with Crippen LogP contribution < -0.4 is 5.32 Å². The van der Waals surface area contributed by atoms with Crippen molar-refractivity contribution in [2.45, 2.75) is 13.3 Å². The molecule has 2 heterocycles. The molecule has 1 amide bonds. The van der Waals surface area contributed by atoms with Crippen LogP contribution in [0.4, 0.5) is 0 Å². The van der Waals surface area contributed by atoms with Crippen LogP contribution in [-0.4, -0.2) is 35.8 Å². The quantitative estimate of drug-likeness (QED) is 0.306. The van der Waals surface area contributed by atoms with Crippen LogP contribution >= 0.6 is 11.3 Å². The minimum absolute atomic E-state index is 0.0890. The molecule has 0 spiro atoms. The molecule has 0 atom stereocenters. The molecule has 7 heteroatoms. The highest BCUT2D eigenvalue weighted by molar-refractivity contribution is 7.14. The molecule has 2 aromatic heterocycles. The molecule has 0 fully saturated rings. The van der Waals surface area contributed by atoms with Gasteiger partial charge < -0.3 is 10.1 Å². The van der Waals surface area contributed by atoms with Crippen molar-refractivity contribution < 1.29 is 19.1 Å². The molecule has 33 heavy (non-hydrogen) atoms. The smallest absolute Gasteiger partial charge is 0.339 e. The van der Waals surface area contributed by atoms with Crippen molar-refractivity contribution >= 4 is 39.9 Å². The number of Topliss-reactive ketones (excluding diaryl/α,β-unsaturated/α-hetero) is 1. The van der Waals surface area contributed by atoms with Crippen LogP contribution in [0.1, 0.15) is 31.8 Å². The molecular formula is C26H22N2O4S. The second-order valence-electron chi connectivity index (χ2n) is 7.44. The number of carbonyl (C=O) groups is 3. The number of ketones is 1. The third-order valence-corrected chi connectivity index (χ3v) is 6.21. The SMILES string of the molecule is CC(=O)NCCc1ccc(C(=O)COC(=O)c2cc(-c3ccccc3)nc3ccccc23)s1. The van der Waals surface area contributed by atoms with Crippen LogP contribution in [0.25, 0.3) is 22.2 Å². The molecule has 0 aliphatic carbocycles. The number of para-hydroxylation sites is 1. The lowest BCUT2D eigenvalue weighted by atomic mass is 10.0. The maximum absolute atomic E-state index is 12.9. The summed E-state index contributed by atoms with van der Waals surface area (Å²) in [6, 6.07) is 22.2. The van der Waals surface area contributed by atoms with E-state index in [1.807, 2.05) is 60.7 Å². The zero-order valence-electron chi connectivity index (χ0n) is 18.0. The van der Waals surface area contributed by atoms with Gasteiger partial charge >= 0.3 is 5.97 Å². The zero-order valence-corrected chi connectivity index (χ0v) is 18.9. The highest BCUT2D eigenvalue weighted by Gasteiger charge is 2.18. The number of carbonyl (C=O) groups excluding carboxylic acids is 3. The van der Waals surface area contributed by atoms with E-state index >= 15 is 0 Å². The molecule has 1 N–H and O–H groups in total. The number of thiophene rings is 1. The minimum Gasteiger partial charge on any atom is -0.454 e. The summed E-state index contributed by atoms with van der Waals surface area (Å²) < 4.78 is 5.40. The Morgan fingerprint density at radius 2 is 1.73 bits per heavy atom. The number of amides is 1. The van der Waals surface area contributed by atoms with Crippen LogP contribution in [0.15, 0.2) is 72.8 Å². The fourth-order valence-electron chi connectivity index (χ4n) is 3.40. The number of pyridine rings is 1. The lowest BCUT2D eigenvalue weighted by molar-refractivity contribution is -0.118. The lowest BCUT2D eigenvalue weighted by Crippen LogP contribution is -2.22. The Morgan fingerprint density at radius 1 is 0.970 bits per heavy atom. The Kier molecular flexibility index (Phi) is 6.90. The summed E-state index contributed by atoms with van der Waals surface area (Å²) in [5, 5.41) is 3.40. The Labute approximate surface area is 195 Å². The second kappa shape index (κ2) is 10.2. The second-order valence-corrected chi connectivity index (χ2v) is 8.60. The Bertz CT molecular complexity index is 1310. The van der Waals surface area contributed by atoms with Crippen molar-refractivity contribution in [2.75, 3.05) is 13.2 Å². The van der Waals surface area contributed by atoms with Gasteiger partial charge in [0.1, 0.15) is 0 Å². The van der Waals surface area contributed by atoms with Crippen LogP contribution in [-0.2, 0) is 16.0 Å². The van der Waals surface area contributed by atoms with Crippen LogP contribution in [0.5, 0.6) is 0 Å². The first-order chi connectivity index (χ1) is 16.0. The monoisotopic (exact) mass is 458 g/mol. The minimum atomic E-state index is -0.568. The fourth-order valence-corrected chi connectivity index (χ4v) is 4.34. The maximum Gasteiger partial charge on any atom is 0.339 e. The lowest BCUT2D eigenvalue weighted by Gasteiger charge is -2.10. The molecule has 2 aromatic carbocycles. The van der Waals surface area contributed by atoms with Gasteiger partial charge in [0.25, 0.3) is 0 Å². The van der Waals surface area contributed by atoms with Crippen LogP contribution in [0.2, 0.25) is 0 Å². The van der Waals surface area contributed by atoms with Crippen molar-refractivity contribution in [3.05, 3.63) is 88.1 Å². The number of nitrogens with zero attached hydrogens (tertiary/aromatic N) is 1. The van der Waals surface area contributed by atoms with Gasteiger partial charge in [-0.3, -0.25) is 9.59 Å². The van der Waals surface area contributed by atoms with E-state index < -0.39 is 5.97 Å². The summed E-state index contributed by atoms with van der Waals surface area (Å²) in [6.07, 6.45) is 0.641. The molecule has 0 aliphatic heterocycles. The number of hydrogen-bond donors (Lipinski definition) is 1. The molecule has 166 valence electrons. The van der Waals surface area contributed by atoms with Gasteiger partial charge in [0.05, 0.1) is 21.7 Å². The summed E-state index contributed by atoms with van der Waals surface area (Å²) in [4.78, 5) is 42.7. The highest BCUT2D eigenvalue weighted by atomic mass is 32.1. The van der Waals surface area contributed by atoms with Crippen molar-refractivity contribution in [3.8, 4) is 11.3 Å². The van der Waals surface area contributed by atoms with Gasteiger partial charge in [0.2, 0.25) is 11.7 Å². The van der Waals surface area contributed by atoms with E-state index in [1.54, 1.807) is 12.1 Å². The van der Waals surface area contributed by atoms with Gasteiger partial charge in [-0.25, -0.2) is 9.78 Å². The van der Waals surface area contributed by atoms with Crippen molar-refractivity contribution in [3.63, 3.8) is 0 Å². The van der Waals surface area contributed by atoms with E-state index in [2.05, 4.69) is 10.3 Å². The van der Waals surface area contributed by atoms with Crippen LogP contribution in [0, 0.1) is 0 Å². The predicted molar refractivity (Wildman–Crippen MR) is 128 cm³/mol. The standard InChI is InChI=1S/C26H22N2O4S/c1-17(29)27-14-13-19-11-12-25(33-19)24(30)16-32-26(31)21-15-23(18-7-3-2-4-8-18)28-22-10-6-5-9-20(21)22/h2-12,15H,13-14,16H2,1H3,(H,27,29). The number of aromatic nitrogens is 1. The molecule has 4 aromatic rings. The van der Waals surface area contributed by atoms with E-state index in [0.29, 0.717) is 40.0 Å². The van der Waals surface area contributed by atoms with Crippen molar-refractivity contribution in [1.82, 2.24) is 10.3 Å². The van der Waals surface area contributed by atoms with Crippen molar-refractivity contribution in [1.29, 1.82) is 0 Å². The molecule has 0 radical (unpaired) electrons. The normalized spacial score (nSPS) is 10.7. The summed E-state index contributed by atoms with van der Waals surface area (Å²) in [5.74, 6) is -0.920. The van der Waals surface area contributed by atoms with Gasteiger partial charge in [-0.1, -0.05) is 48.5 Å². The molecule has 0 aliphatic rings. The molecule has 0 saturated carbocycles. The van der Waals surface area contributed by atoms with Gasteiger partial charge in [0, 0.05) is 29.3 Å². The van der Waals surface area contributed by atoms with Gasteiger partial charge in [0.15, 0.2) is 6.61 Å². The Hall–Kier alpha value is -3.84. The molecular weight excluding hydrogens is 436 g/mol. The number of ether oxygens (including phenoxy) is 1. The summed E-state index contributed by atoms with van der Waals surface area (Å²) in [7, 11) is 0. The van der Waals surface area contributed by atoms with Gasteiger partial charge in [-0.05, 0) is 30.7 Å². The summed E-state index contributed by atoms with van der Waals surface area (Å²) >= 11 is 1.34. The summed E-state index contributed by atoms with van der Waals surface area (Å²) in [5.41, 5.74) is 2.60. The van der Waals surface area contributed by atoms with E-state index in [0.717, 1.165) is 10.4 Å². The largest absolute Gasteiger partial charge is 0.454 e. The Morgan fingerprint density at radius 3 is 2.52 bits per heavy atom. The molecule has 0 bridgehead atoms. The predicted octanol–water partition coefficient (Wildman–Crippen LogP) is 4.68. The molecule has 4 rings (SSSR count). The van der Waals surface area contributed by atoms with Crippen molar-refractivity contribution in [2.24, 2.45) is 0 Å². The number of hydrogen-bond acceptors (Lipinski definition) is 6. The van der Waals surface area contributed by atoms with E-state index in [4.69, 9.17) is 4.74 Å². The third kappa shape index (κ3) is 5.51. The highest BCUT2D eigenvalue weighted by Crippen LogP contribution is 2.25. The van der Waals surface area contributed by atoms with E-state index in [9.17, 15) is 14.4 Å². The van der Waals surface area contributed by atoms with Gasteiger partial charge in [-0.2, -0.15) is 0 Å². The number of rotatable bonds is 8. The average molecular weight is 459 g/mol. The number of nitrogens with one attached hydrogen (secondary N) is 1. The molecule has 0 saturated heterocycles. The van der Waals surface area contributed by atoms with Crippen LogP contribution in [0.3, 0.4) is 0 Å². The number of esters is 1. The first-order valence-electron chi connectivity index (χ1n) is 10.5. The summed E-state index contributed by atoms with van der Waals surface area (Å²) in [6.45, 7) is 1.63. The average Bonchev–Trinajstić information content (AvgIpc) is 3.31. The zero-order chi connectivity index (χ0) is 23.2. The number of benzene rings is 2. The number of fused-ring (bicyclic) bond motifs is 1. The first kappa shape index (κ1) is 22.4. The Balaban J connectivity index is 1.48. The third-order valence-electron chi connectivity index (χ3n) is 5.02. The van der Waals surface area contributed by atoms with E-state index in [1.165, 1.54) is 18.3 Å². The first-order valence-corrected chi connectivity index (χ1v) is 11.3. The fraction of sp³-hybridized carbons (Fsp3) is 0.154. The maximum atomic E-state index is 12.9. The molecule has 6 nitrogen and oxygen atoms in total.